The second-order valence-corrected chi connectivity index (χ2v) is 4.57. The molecule has 24 heavy (non-hydrogen) atoms. The molecule has 0 fully saturated rings. The third kappa shape index (κ3) is 4.71. The standard InChI is InChI=1S/C15H13F3N4O2/c16-15(17,18)12-9-5-4-8-11(12)13(23)20-22-21-14(24)19-10-6-2-1-3-7-10/h1-9,22H,(H,20,23)(H2,19,21,24). The van der Waals surface area contributed by atoms with Gasteiger partial charge in [-0.3, -0.25) is 15.6 Å². The lowest BCUT2D eigenvalue weighted by Gasteiger charge is -2.13. The highest BCUT2D eigenvalue weighted by Gasteiger charge is 2.34. The summed E-state index contributed by atoms with van der Waals surface area (Å²) in [5.74, 6) is -1.04. The molecule has 0 aliphatic heterocycles. The average molecular weight is 338 g/mol. The van der Waals surface area contributed by atoms with Crippen molar-refractivity contribution in [2.45, 2.75) is 6.18 Å². The van der Waals surface area contributed by atoms with Crippen LogP contribution in [0.3, 0.4) is 0 Å². The Morgan fingerprint density at radius 1 is 0.833 bits per heavy atom. The highest BCUT2D eigenvalue weighted by molar-refractivity contribution is 5.96. The molecule has 0 atom stereocenters. The number of hydrazine groups is 2. The Labute approximate surface area is 135 Å². The fourth-order valence-corrected chi connectivity index (χ4v) is 1.82. The van der Waals surface area contributed by atoms with Gasteiger partial charge in [0, 0.05) is 5.69 Å². The molecule has 126 valence electrons. The molecule has 2 aromatic rings. The molecule has 0 aliphatic carbocycles. The normalized spacial score (nSPS) is 10.8. The first-order valence-corrected chi connectivity index (χ1v) is 6.71. The first-order chi connectivity index (χ1) is 11.4. The van der Waals surface area contributed by atoms with Crippen LogP contribution in [0.4, 0.5) is 23.7 Å². The number of alkyl halides is 3. The van der Waals surface area contributed by atoms with Gasteiger partial charge in [0.15, 0.2) is 0 Å². The van der Waals surface area contributed by atoms with Crippen molar-refractivity contribution in [2.24, 2.45) is 0 Å². The molecule has 3 amide bonds. The summed E-state index contributed by atoms with van der Waals surface area (Å²) in [5.41, 5.74) is 4.96. The smallest absolute Gasteiger partial charge is 0.307 e. The topological polar surface area (TPSA) is 82.3 Å². The van der Waals surface area contributed by atoms with Gasteiger partial charge in [-0.05, 0) is 24.3 Å². The van der Waals surface area contributed by atoms with Gasteiger partial charge >= 0.3 is 12.2 Å². The number of halogens is 3. The molecule has 0 unspecified atom stereocenters. The monoisotopic (exact) mass is 338 g/mol. The van der Waals surface area contributed by atoms with E-state index in [4.69, 9.17) is 0 Å². The number of carbonyl (C=O) groups excluding carboxylic acids is 2. The van der Waals surface area contributed by atoms with Crippen LogP contribution in [0.5, 0.6) is 0 Å². The van der Waals surface area contributed by atoms with Gasteiger partial charge in [0.05, 0.1) is 11.1 Å². The minimum absolute atomic E-state index is 0.505. The quantitative estimate of drug-likeness (QED) is 0.647. The van der Waals surface area contributed by atoms with E-state index in [0.717, 1.165) is 12.1 Å². The van der Waals surface area contributed by atoms with Crippen LogP contribution in [-0.4, -0.2) is 11.9 Å². The highest BCUT2D eigenvalue weighted by Crippen LogP contribution is 2.31. The molecule has 0 saturated carbocycles. The third-order valence-corrected chi connectivity index (χ3v) is 2.86. The summed E-state index contributed by atoms with van der Waals surface area (Å²) in [7, 11) is 0. The Morgan fingerprint density at radius 2 is 1.46 bits per heavy atom. The molecule has 0 aliphatic rings. The first kappa shape index (κ1) is 17.3. The average Bonchev–Trinajstić information content (AvgIpc) is 2.55. The van der Waals surface area contributed by atoms with Gasteiger partial charge < -0.3 is 5.32 Å². The molecular weight excluding hydrogens is 325 g/mol. The Kier molecular flexibility index (Phi) is 5.38. The molecule has 0 radical (unpaired) electrons. The van der Waals surface area contributed by atoms with E-state index in [9.17, 15) is 22.8 Å². The number of benzene rings is 2. The zero-order valence-electron chi connectivity index (χ0n) is 12.1. The number of hydrogen-bond acceptors (Lipinski definition) is 3. The molecule has 0 spiro atoms. The van der Waals surface area contributed by atoms with Crippen molar-refractivity contribution in [3.05, 3.63) is 65.7 Å². The van der Waals surface area contributed by atoms with Gasteiger partial charge in [-0.25, -0.2) is 4.79 Å². The summed E-state index contributed by atoms with van der Waals surface area (Å²) in [6.45, 7) is 0. The summed E-state index contributed by atoms with van der Waals surface area (Å²) in [4.78, 5) is 23.3. The van der Waals surface area contributed by atoms with Gasteiger partial charge in [0.1, 0.15) is 0 Å². The number of anilines is 1. The van der Waals surface area contributed by atoms with Crippen LogP contribution in [0.1, 0.15) is 15.9 Å². The zero-order chi connectivity index (χ0) is 17.6. The van der Waals surface area contributed by atoms with Gasteiger partial charge in [-0.15, -0.1) is 5.53 Å². The molecule has 6 nitrogen and oxygen atoms in total. The van der Waals surface area contributed by atoms with Crippen LogP contribution in [0, 0.1) is 0 Å². The maximum absolute atomic E-state index is 12.8. The molecule has 2 aromatic carbocycles. The Morgan fingerprint density at radius 3 is 2.12 bits per heavy atom. The molecule has 0 saturated heterocycles. The summed E-state index contributed by atoms with van der Waals surface area (Å²) >= 11 is 0. The highest BCUT2D eigenvalue weighted by atomic mass is 19.4. The van der Waals surface area contributed by atoms with Gasteiger partial charge in [-0.2, -0.15) is 13.2 Å². The summed E-state index contributed by atoms with van der Waals surface area (Å²) in [5, 5.41) is 2.45. The van der Waals surface area contributed by atoms with Crippen molar-refractivity contribution in [3.63, 3.8) is 0 Å². The van der Waals surface area contributed by atoms with Crippen LogP contribution in [0.15, 0.2) is 54.6 Å². The molecule has 9 heteroatoms. The summed E-state index contributed by atoms with van der Waals surface area (Å²) < 4.78 is 38.5. The Bertz CT molecular complexity index is 720. The molecule has 2 rings (SSSR count). The first-order valence-electron chi connectivity index (χ1n) is 6.71. The number of carbonyl (C=O) groups is 2. The van der Waals surface area contributed by atoms with Crippen LogP contribution in [0.25, 0.3) is 0 Å². The summed E-state index contributed by atoms with van der Waals surface area (Å²) in [6, 6.07) is 12.1. The molecule has 0 bridgehead atoms. The van der Waals surface area contributed by atoms with E-state index in [1.807, 2.05) is 5.43 Å². The molecule has 0 heterocycles. The molecular formula is C15H13F3N4O2. The number of rotatable bonds is 4. The van der Waals surface area contributed by atoms with Crippen molar-refractivity contribution in [1.82, 2.24) is 16.4 Å². The van der Waals surface area contributed by atoms with E-state index < -0.39 is 29.2 Å². The Hall–Kier alpha value is -3.07. The van der Waals surface area contributed by atoms with E-state index >= 15 is 0 Å². The Balaban J connectivity index is 1.89. The maximum Gasteiger partial charge on any atom is 0.417 e. The fraction of sp³-hybridized carbons (Fsp3) is 0.0667. The SMILES string of the molecule is O=C(NNNC(=O)c1ccccc1C(F)(F)F)Nc1ccccc1. The number of para-hydroxylation sites is 1. The second-order valence-electron chi connectivity index (χ2n) is 4.57. The van der Waals surface area contributed by atoms with E-state index in [2.05, 4.69) is 16.3 Å². The largest absolute Gasteiger partial charge is 0.417 e. The van der Waals surface area contributed by atoms with Gasteiger partial charge in [0.25, 0.3) is 5.91 Å². The lowest BCUT2D eigenvalue weighted by molar-refractivity contribution is -0.137. The van der Waals surface area contributed by atoms with Gasteiger partial charge in [-0.1, -0.05) is 30.3 Å². The van der Waals surface area contributed by atoms with E-state index in [0.29, 0.717) is 5.69 Å². The van der Waals surface area contributed by atoms with Crippen molar-refractivity contribution < 1.29 is 22.8 Å². The number of hydrogen-bond donors (Lipinski definition) is 4. The lowest BCUT2D eigenvalue weighted by atomic mass is 10.1. The minimum atomic E-state index is -4.66. The number of amides is 3. The molecule has 4 N–H and O–H groups in total. The van der Waals surface area contributed by atoms with E-state index in [-0.39, 0.29) is 0 Å². The van der Waals surface area contributed by atoms with Crippen molar-refractivity contribution in [2.75, 3.05) is 5.32 Å². The van der Waals surface area contributed by atoms with E-state index in [1.165, 1.54) is 12.1 Å². The predicted molar refractivity (Wildman–Crippen MR) is 80.6 cm³/mol. The van der Waals surface area contributed by atoms with Crippen LogP contribution in [-0.2, 0) is 6.18 Å². The maximum atomic E-state index is 12.8. The minimum Gasteiger partial charge on any atom is -0.307 e. The van der Waals surface area contributed by atoms with Crippen molar-refractivity contribution in [1.29, 1.82) is 0 Å². The fourth-order valence-electron chi connectivity index (χ4n) is 1.82. The van der Waals surface area contributed by atoms with Crippen LogP contribution < -0.4 is 21.7 Å². The summed E-state index contributed by atoms with van der Waals surface area (Å²) in [6.07, 6.45) is -4.66. The van der Waals surface area contributed by atoms with Crippen molar-refractivity contribution in [3.8, 4) is 0 Å². The third-order valence-electron chi connectivity index (χ3n) is 2.86. The van der Waals surface area contributed by atoms with Crippen LogP contribution in [0.2, 0.25) is 0 Å². The van der Waals surface area contributed by atoms with Crippen LogP contribution >= 0.6 is 0 Å². The van der Waals surface area contributed by atoms with Crippen molar-refractivity contribution >= 4 is 17.6 Å². The van der Waals surface area contributed by atoms with E-state index in [1.54, 1.807) is 30.3 Å². The lowest BCUT2D eigenvalue weighted by Crippen LogP contribution is -2.50. The number of urea groups is 1. The zero-order valence-corrected chi connectivity index (χ0v) is 12.1. The second kappa shape index (κ2) is 7.47. The predicted octanol–water partition coefficient (Wildman–Crippen LogP) is 2.68. The number of nitrogens with one attached hydrogen (secondary N) is 4. The molecule has 0 aromatic heterocycles. The van der Waals surface area contributed by atoms with Gasteiger partial charge in [0.2, 0.25) is 0 Å².